The number of ether oxygens (including phenoxy) is 1. The molecule has 1 aromatic carbocycles. The maximum absolute atomic E-state index is 13.6. The highest BCUT2D eigenvalue weighted by Crippen LogP contribution is 2.39. The summed E-state index contributed by atoms with van der Waals surface area (Å²) in [6, 6.07) is 8.71. The SMILES string of the molecule is CCS(=O)(=O)c1ccc2c(c1)N(C(=O)C1CCC(OC)CC1)Cc1cccnc1N2. The van der Waals surface area contributed by atoms with E-state index >= 15 is 0 Å². The molecule has 1 N–H and O–H groups in total. The predicted octanol–water partition coefficient (Wildman–Crippen LogP) is 3.67. The summed E-state index contributed by atoms with van der Waals surface area (Å²) in [7, 11) is -1.68. The summed E-state index contributed by atoms with van der Waals surface area (Å²) >= 11 is 0. The Hall–Kier alpha value is -2.45. The first-order valence-corrected chi connectivity index (χ1v) is 12.0. The molecule has 0 bridgehead atoms. The normalized spacial score (nSPS) is 21.2. The van der Waals surface area contributed by atoms with Crippen LogP contribution in [0.5, 0.6) is 0 Å². The van der Waals surface area contributed by atoms with Crippen molar-refractivity contribution in [1.82, 2.24) is 4.98 Å². The summed E-state index contributed by atoms with van der Waals surface area (Å²) in [5, 5.41) is 3.28. The van der Waals surface area contributed by atoms with E-state index in [1.165, 1.54) is 0 Å². The number of sulfone groups is 1. The smallest absolute Gasteiger partial charge is 0.230 e. The number of methoxy groups -OCH3 is 1. The van der Waals surface area contributed by atoms with Gasteiger partial charge in [-0.3, -0.25) is 4.79 Å². The highest BCUT2D eigenvalue weighted by Gasteiger charge is 2.33. The first kappa shape index (κ1) is 20.8. The molecule has 4 rings (SSSR count). The Morgan fingerprint density at radius 1 is 1.23 bits per heavy atom. The van der Waals surface area contributed by atoms with Crippen LogP contribution in [0.4, 0.5) is 17.2 Å². The van der Waals surface area contributed by atoms with Crippen LogP contribution in [0, 0.1) is 5.92 Å². The molecule has 2 aromatic rings. The molecule has 0 unspecified atom stereocenters. The zero-order valence-corrected chi connectivity index (χ0v) is 18.1. The Balaban J connectivity index is 1.75. The van der Waals surface area contributed by atoms with Crippen LogP contribution < -0.4 is 10.2 Å². The van der Waals surface area contributed by atoms with E-state index in [9.17, 15) is 13.2 Å². The molecule has 8 heteroatoms. The third-order valence-electron chi connectivity index (χ3n) is 6.09. The summed E-state index contributed by atoms with van der Waals surface area (Å²) in [4.78, 5) is 20.0. The topological polar surface area (TPSA) is 88.6 Å². The lowest BCUT2D eigenvalue weighted by Crippen LogP contribution is -2.38. The zero-order valence-electron chi connectivity index (χ0n) is 17.3. The van der Waals surface area contributed by atoms with Crippen molar-refractivity contribution in [3.8, 4) is 0 Å². The number of nitrogens with one attached hydrogen (secondary N) is 1. The highest BCUT2D eigenvalue weighted by molar-refractivity contribution is 7.91. The molecule has 1 aliphatic heterocycles. The molecule has 30 heavy (non-hydrogen) atoms. The second-order valence-corrected chi connectivity index (χ2v) is 10.1. The monoisotopic (exact) mass is 429 g/mol. The van der Waals surface area contributed by atoms with Crippen LogP contribution in [0.3, 0.4) is 0 Å². The minimum Gasteiger partial charge on any atom is -0.381 e. The number of carbonyl (C=O) groups is 1. The number of fused-ring (bicyclic) bond motifs is 2. The molecule has 0 atom stereocenters. The Morgan fingerprint density at radius 3 is 2.70 bits per heavy atom. The van der Waals surface area contributed by atoms with E-state index in [1.54, 1.807) is 43.3 Å². The Labute approximate surface area is 177 Å². The number of carbonyl (C=O) groups excluding carboxylic acids is 1. The fourth-order valence-electron chi connectivity index (χ4n) is 4.22. The number of amides is 1. The zero-order chi connectivity index (χ0) is 21.3. The number of aromatic nitrogens is 1. The van der Waals surface area contributed by atoms with Crippen molar-refractivity contribution in [2.75, 3.05) is 23.1 Å². The summed E-state index contributed by atoms with van der Waals surface area (Å²) in [6.07, 6.45) is 5.15. The van der Waals surface area contributed by atoms with E-state index in [4.69, 9.17) is 4.74 Å². The molecule has 160 valence electrons. The van der Waals surface area contributed by atoms with Gasteiger partial charge in [0.05, 0.1) is 34.7 Å². The third kappa shape index (κ3) is 3.94. The minimum absolute atomic E-state index is 0.00989. The second kappa shape index (κ2) is 8.35. The number of hydrogen-bond donors (Lipinski definition) is 1. The number of anilines is 3. The van der Waals surface area contributed by atoms with Crippen LogP contribution in [0.1, 0.15) is 38.2 Å². The predicted molar refractivity (Wildman–Crippen MR) is 116 cm³/mol. The van der Waals surface area contributed by atoms with Crippen molar-refractivity contribution in [1.29, 1.82) is 0 Å². The van der Waals surface area contributed by atoms with Gasteiger partial charge >= 0.3 is 0 Å². The molecule has 1 aromatic heterocycles. The highest BCUT2D eigenvalue weighted by atomic mass is 32.2. The van der Waals surface area contributed by atoms with Gasteiger partial charge in [-0.15, -0.1) is 0 Å². The van der Waals surface area contributed by atoms with Crippen LogP contribution in [-0.4, -0.2) is 38.3 Å². The molecule has 2 heterocycles. The van der Waals surface area contributed by atoms with Crippen molar-refractivity contribution in [2.45, 2.75) is 50.2 Å². The number of rotatable bonds is 4. The van der Waals surface area contributed by atoms with E-state index in [-0.39, 0.29) is 28.6 Å². The van der Waals surface area contributed by atoms with Gasteiger partial charge in [0.2, 0.25) is 5.91 Å². The number of pyridine rings is 1. The van der Waals surface area contributed by atoms with Gasteiger partial charge in [-0.1, -0.05) is 13.0 Å². The van der Waals surface area contributed by atoms with E-state index in [0.29, 0.717) is 23.7 Å². The van der Waals surface area contributed by atoms with Crippen LogP contribution in [0.25, 0.3) is 0 Å². The molecule has 2 aliphatic rings. The Bertz CT molecular complexity index is 1050. The molecule has 1 fully saturated rings. The van der Waals surface area contributed by atoms with E-state index in [2.05, 4.69) is 10.3 Å². The van der Waals surface area contributed by atoms with E-state index < -0.39 is 9.84 Å². The third-order valence-corrected chi connectivity index (χ3v) is 7.83. The molecule has 0 saturated heterocycles. The fourth-order valence-corrected chi connectivity index (χ4v) is 5.12. The standard InChI is InChI=1S/C22H27N3O4S/c1-3-30(27,28)18-10-11-19-20(13-18)25(14-16-5-4-12-23-21(16)24-19)22(26)15-6-8-17(29-2)9-7-15/h4-5,10-13,15,17H,3,6-9,14H2,1-2H3,(H,23,24). The summed E-state index contributed by atoms with van der Waals surface area (Å²) in [5.74, 6) is 0.614. The lowest BCUT2D eigenvalue weighted by atomic mass is 9.86. The van der Waals surface area contributed by atoms with Crippen molar-refractivity contribution < 1.29 is 17.9 Å². The van der Waals surface area contributed by atoms with Crippen LogP contribution in [0.2, 0.25) is 0 Å². The first-order valence-electron chi connectivity index (χ1n) is 10.3. The summed E-state index contributed by atoms with van der Waals surface area (Å²) in [5.41, 5.74) is 2.16. The second-order valence-electron chi connectivity index (χ2n) is 7.85. The molecule has 0 spiro atoms. The van der Waals surface area contributed by atoms with Crippen LogP contribution in [0.15, 0.2) is 41.4 Å². The van der Waals surface area contributed by atoms with Gasteiger partial charge in [-0.05, 0) is 49.9 Å². The fraction of sp³-hybridized carbons (Fsp3) is 0.455. The number of benzene rings is 1. The molecule has 0 radical (unpaired) electrons. The van der Waals surface area contributed by atoms with Gasteiger partial charge in [0.1, 0.15) is 5.82 Å². The van der Waals surface area contributed by atoms with Crippen LogP contribution >= 0.6 is 0 Å². The quantitative estimate of drug-likeness (QED) is 0.798. The lowest BCUT2D eigenvalue weighted by molar-refractivity contribution is -0.124. The average Bonchev–Trinajstić information content (AvgIpc) is 2.94. The van der Waals surface area contributed by atoms with Gasteiger partial charge in [-0.25, -0.2) is 13.4 Å². The molecule has 1 saturated carbocycles. The van der Waals surface area contributed by atoms with Gasteiger partial charge in [-0.2, -0.15) is 0 Å². The average molecular weight is 430 g/mol. The summed E-state index contributed by atoms with van der Waals surface area (Å²) in [6.45, 7) is 1.97. The van der Waals surface area contributed by atoms with E-state index in [1.807, 2.05) is 12.1 Å². The van der Waals surface area contributed by atoms with Crippen LogP contribution in [-0.2, 0) is 25.9 Å². The Morgan fingerprint density at radius 2 is 2.00 bits per heavy atom. The van der Waals surface area contributed by atoms with Crippen molar-refractivity contribution >= 4 is 32.9 Å². The molecular weight excluding hydrogens is 402 g/mol. The van der Waals surface area contributed by atoms with Crippen molar-refractivity contribution in [2.24, 2.45) is 5.92 Å². The minimum atomic E-state index is -3.39. The van der Waals surface area contributed by atoms with Gasteiger partial charge < -0.3 is 15.0 Å². The largest absolute Gasteiger partial charge is 0.381 e. The number of nitrogens with zero attached hydrogens (tertiary/aromatic N) is 2. The molecule has 1 aliphatic carbocycles. The first-order chi connectivity index (χ1) is 14.4. The molecule has 7 nitrogen and oxygen atoms in total. The maximum Gasteiger partial charge on any atom is 0.230 e. The van der Waals surface area contributed by atoms with Gasteiger partial charge in [0, 0.05) is 24.8 Å². The lowest BCUT2D eigenvalue weighted by Gasteiger charge is -2.32. The Kier molecular flexibility index (Phi) is 5.79. The van der Waals surface area contributed by atoms with Crippen molar-refractivity contribution in [3.05, 3.63) is 42.1 Å². The van der Waals surface area contributed by atoms with Gasteiger partial charge in [0.15, 0.2) is 9.84 Å². The molecule has 1 amide bonds. The summed E-state index contributed by atoms with van der Waals surface area (Å²) < 4.78 is 30.4. The molecular formula is C22H27N3O4S. The number of hydrogen-bond acceptors (Lipinski definition) is 6. The maximum atomic E-state index is 13.6. The van der Waals surface area contributed by atoms with E-state index in [0.717, 1.165) is 31.2 Å². The van der Waals surface area contributed by atoms with Crippen molar-refractivity contribution in [3.63, 3.8) is 0 Å². The van der Waals surface area contributed by atoms with Gasteiger partial charge in [0.25, 0.3) is 0 Å².